The van der Waals surface area contributed by atoms with Crippen molar-refractivity contribution in [3.63, 3.8) is 0 Å². The first-order chi connectivity index (χ1) is 32.8. The minimum absolute atomic E-state index is 0.186. The molecule has 9 nitrogen and oxygen atoms in total. The van der Waals surface area contributed by atoms with E-state index in [1.165, 1.54) is 0 Å². The summed E-state index contributed by atoms with van der Waals surface area (Å²) in [5.74, 6) is -0.846. The lowest BCUT2D eigenvalue weighted by Crippen LogP contribution is -2.34. The molecule has 0 N–H and O–H groups in total. The summed E-state index contributed by atoms with van der Waals surface area (Å²) in [6, 6.07) is 28.4. The van der Waals surface area contributed by atoms with E-state index in [9.17, 15) is 28.8 Å². The van der Waals surface area contributed by atoms with Crippen LogP contribution in [-0.2, 0) is 25.7 Å². The molecular formula is C57H81AlO9. The average Bonchev–Trinajstić information content (AvgIpc) is 3.34. The predicted octanol–water partition coefficient (Wildman–Crippen LogP) is 15.1. The largest absolute Gasteiger partial charge is 1.20 e. The van der Waals surface area contributed by atoms with Crippen molar-refractivity contribution in [1.82, 2.24) is 0 Å². The van der Waals surface area contributed by atoms with E-state index < -0.39 is 33.1 Å². The Morgan fingerprint density at radius 2 is 0.433 bits per heavy atom. The van der Waals surface area contributed by atoms with Crippen LogP contribution in [0.25, 0.3) is 0 Å². The van der Waals surface area contributed by atoms with Gasteiger partial charge in [0, 0.05) is 55.2 Å². The Morgan fingerprint density at radius 3 is 0.642 bits per heavy atom. The monoisotopic (exact) mass is 937 g/mol. The van der Waals surface area contributed by atoms with Gasteiger partial charge in [0.1, 0.15) is 0 Å². The summed E-state index contributed by atoms with van der Waals surface area (Å²) < 4.78 is 16.6. The van der Waals surface area contributed by atoms with Crippen LogP contribution in [0.3, 0.4) is 0 Å². The van der Waals surface area contributed by atoms with Crippen molar-refractivity contribution < 1.29 is 40.1 Å². The summed E-state index contributed by atoms with van der Waals surface area (Å²) in [6.45, 7) is 0. The molecular weight excluding hydrogens is 856 g/mol. The summed E-state index contributed by atoms with van der Waals surface area (Å²) >= 11 is -3.35. The molecule has 0 aliphatic carbocycles. The Kier molecular flexibility index (Phi) is 32.8. The van der Waals surface area contributed by atoms with Crippen LogP contribution in [0, 0.1) is 0 Å². The molecule has 0 fully saturated rings. The zero-order valence-electron chi connectivity index (χ0n) is 40.7. The molecule has 10 heteroatoms. The van der Waals surface area contributed by atoms with Crippen LogP contribution in [0.4, 0.5) is 0 Å². The molecule has 366 valence electrons. The molecule has 3 aromatic rings. The molecule has 0 aliphatic rings. The van der Waals surface area contributed by atoms with Gasteiger partial charge in [-0.25, -0.2) is 0 Å². The second-order valence-corrected chi connectivity index (χ2v) is 19.5. The Bertz CT molecular complexity index is 1570. The van der Waals surface area contributed by atoms with Gasteiger partial charge in [0.2, 0.25) is 0 Å². The molecule has 0 aliphatic heterocycles. The Morgan fingerprint density at radius 1 is 0.254 bits per heavy atom. The van der Waals surface area contributed by atoms with Gasteiger partial charge in [-0.15, -0.1) is 0 Å². The SMILES string of the molecule is O=C(CCCCCCCCCCCC(=O)c1ccccc1)[O][Al]([O]C(=O)CCCCCCCCCCCC(=O)c1ccccc1)[O]C(=O)CCCCCCCCCCCC(=O)c1ccccc1. The average molecular weight is 937 g/mol. The first-order valence-corrected chi connectivity index (χ1v) is 27.6. The van der Waals surface area contributed by atoms with Crippen molar-refractivity contribution >= 4 is 50.4 Å². The van der Waals surface area contributed by atoms with Gasteiger partial charge in [-0.05, 0) is 38.5 Å². The van der Waals surface area contributed by atoms with Gasteiger partial charge in [-0.2, -0.15) is 0 Å². The molecule has 0 atom stereocenters. The zero-order chi connectivity index (χ0) is 47.8. The van der Waals surface area contributed by atoms with E-state index in [0.29, 0.717) is 38.5 Å². The van der Waals surface area contributed by atoms with Crippen LogP contribution in [0.1, 0.15) is 243 Å². The maximum absolute atomic E-state index is 12.8. The molecule has 0 radical (unpaired) electrons. The minimum Gasteiger partial charge on any atom is -0.551 e. The van der Waals surface area contributed by atoms with Crippen LogP contribution in [0.5, 0.6) is 0 Å². The second-order valence-electron chi connectivity index (χ2n) is 18.2. The molecule has 0 aromatic heterocycles. The second kappa shape index (κ2) is 38.6. The molecule has 0 heterocycles. The van der Waals surface area contributed by atoms with Gasteiger partial charge < -0.3 is 11.4 Å². The highest BCUT2D eigenvalue weighted by molar-refractivity contribution is 6.44. The van der Waals surface area contributed by atoms with E-state index in [0.717, 1.165) is 171 Å². The summed E-state index contributed by atoms with van der Waals surface area (Å²) in [5.41, 5.74) is 2.36. The predicted molar refractivity (Wildman–Crippen MR) is 269 cm³/mol. The molecule has 0 saturated heterocycles. The fourth-order valence-corrected chi connectivity index (χ4v) is 9.39. The fraction of sp³-hybridized carbons (Fsp3) is 0.579. The minimum atomic E-state index is -3.35. The number of carbonyl (C=O) groups is 6. The van der Waals surface area contributed by atoms with Gasteiger partial charge in [-0.3, -0.25) is 28.8 Å². The highest BCUT2D eigenvalue weighted by atomic mass is 27.3. The standard InChI is InChI=1S/3C19H28O3.Al/c3*20-18(17-13-9-8-10-14-17)15-11-6-4-2-1-3-5-7-12-16-19(21)22;/h3*8-10,13-14H,1-7,11-12,15-16H2,(H,21,22);/q;;;+3/p-3. The van der Waals surface area contributed by atoms with Gasteiger partial charge in [0.15, 0.2) is 17.3 Å². The first kappa shape index (κ1) is 56.9. The van der Waals surface area contributed by atoms with Gasteiger partial charge in [-0.1, -0.05) is 226 Å². The number of carbonyl (C=O) groups excluding carboxylic acids is 6. The zero-order valence-corrected chi connectivity index (χ0v) is 41.9. The fourth-order valence-electron chi connectivity index (χ4n) is 8.25. The first-order valence-electron chi connectivity index (χ1n) is 26.1. The third kappa shape index (κ3) is 29.9. The van der Waals surface area contributed by atoms with E-state index in [4.69, 9.17) is 11.4 Å². The van der Waals surface area contributed by atoms with Gasteiger partial charge in [0.05, 0.1) is 0 Å². The van der Waals surface area contributed by atoms with E-state index in [-0.39, 0.29) is 36.6 Å². The lowest BCUT2D eigenvalue weighted by Gasteiger charge is -2.14. The highest BCUT2D eigenvalue weighted by Gasteiger charge is 2.48. The third-order valence-electron chi connectivity index (χ3n) is 12.3. The summed E-state index contributed by atoms with van der Waals surface area (Å²) in [4.78, 5) is 75.3. The number of Topliss-reactive ketones (excluding diaryl/α,β-unsaturated/α-hetero) is 3. The Balaban J connectivity index is 1.24. The third-order valence-corrected chi connectivity index (χ3v) is 13.7. The lowest BCUT2D eigenvalue weighted by atomic mass is 10.0. The maximum Gasteiger partial charge on any atom is 1.20 e. The molecule has 0 saturated carbocycles. The molecule has 3 aromatic carbocycles. The van der Waals surface area contributed by atoms with Crippen LogP contribution in [0.2, 0.25) is 0 Å². The topological polar surface area (TPSA) is 130 Å². The number of rotatable bonds is 42. The van der Waals surface area contributed by atoms with Crippen LogP contribution >= 0.6 is 0 Å². The number of unbranched alkanes of at least 4 members (excludes halogenated alkanes) is 24. The van der Waals surface area contributed by atoms with Crippen molar-refractivity contribution in [1.29, 1.82) is 0 Å². The van der Waals surface area contributed by atoms with Crippen molar-refractivity contribution in [2.24, 2.45) is 0 Å². The normalized spacial score (nSPS) is 10.9. The van der Waals surface area contributed by atoms with Gasteiger partial charge in [0.25, 0.3) is 17.9 Å². The summed E-state index contributed by atoms with van der Waals surface area (Å²) in [6.07, 6.45) is 29.3. The molecule has 0 spiro atoms. The van der Waals surface area contributed by atoms with Crippen LogP contribution < -0.4 is 0 Å². The quantitative estimate of drug-likeness (QED) is 0.0309. The molecule has 0 bridgehead atoms. The number of hydrogen-bond donors (Lipinski definition) is 0. The number of benzene rings is 3. The molecule has 0 amide bonds. The Hall–Kier alpha value is -4.39. The number of hydrogen-bond acceptors (Lipinski definition) is 9. The molecule has 67 heavy (non-hydrogen) atoms. The highest BCUT2D eigenvalue weighted by Crippen LogP contribution is 2.17. The van der Waals surface area contributed by atoms with E-state index in [2.05, 4.69) is 0 Å². The van der Waals surface area contributed by atoms with Crippen molar-refractivity contribution in [2.75, 3.05) is 0 Å². The van der Waals surface area contributed by atoms with Gasteiger partial charge >= 0.3 is 15.1 Å². The van der Waals surface area contributed by atoms with E-state index in [1.54, 1.807) is 0 Å². The molecule has 3 rings (SSSR count). The molecule has 0 unspecified atom stereocenters. The maximum atomic E-state index is 12.8. The lowest BCUT2D eigenvalue weighted by molar-refractivity contribution is -0.148. The van der Waals surface area contributed by atoms with Crippen molar-refractivity contribution in [3.05, 3.63) is 108 Å². The van der Waals surface area contributed by atoms with E-state index in [1.807, 2.05) is 91.0 Å². The summed E-state index contributed by atoms with van der Waals surface area (Å²) in [5, 5.41) is 0. The smallest absolute Gasteiger partial charge is 0.551 e. The van der Waals surface area contributed by atoms with Crippen LogP contribution in [0.15, 0.2) is 91.0 Å². The summed E-state index contributed by atoms with van der Waals surface area (Å²) in [7, 11) is 0. The van der Waals surface area contributed by atoms with Crippen LogP contribution in [-0.4, -0.2) is 50.4 Å². The van der Waals surface area contributed by atoms with Crippen molar-refractivity contribution in [3.8, 4) is 0 Å². The Labute approximate surface area is 408 Å². The van der Waals surface area contributed by atoms with Crippen molar-refractivity contribution in [2.45, 2.75) is 212 Å². The van der Waals surface area contributed by atoms with E-state index >= 15 is 0 Å². The number of ketones is 3.